The van der Waals surface area contributed by atoms with Gasteiger partial charge in [0.05, 0.1) is 28.4 Å². The van der Waals surface area contributed by atoms with Gasteiger partial charge in [0.15, 0.2) is 11.5 Å². The van der Waals surface area contributed by atoms with Crippen molar-refractivity contribution in [2.45, 2.75) is 26.3 Å². The molecule has 27 heavy (non-hydrogen) atoms. The molecule has 0 aromatic heterocycles. The quantitative estimate of drug-likeness (QED) is 0.731. The molecule has 0 bridgehead atoms. The molecular formula is C21H27NO5. The maximum absolute atomic E-state index is 12.2. The van der Waals surface area contributed by atoms with Gasteiger partial charge in [-0.15, -0.1) is 0 Å². The maximum Gasteiger partial charge on any atom is 0.220 e. The normalized spacial score (nSPS) is 10.3. The van der Waals surface area contributed by atoms with E-state index in [0.717, 1.165) is 22.4 Å². The van der Waals surface area contributed by atoms with Gasteiger partial charge in [0, 0.05) is 18.5 Å². The third-order valence-corrected chi connectivity index (χ3v) is 4.36. The lowest BCUT2D eigenvalue weighted by Crippen LogP contribution is -2.23. The molecule has 1 amide bonds. The van der Waals surface area contributed by atoms with Crippen molar-refractivity contribution in [3.05, 3.63) is 47.0 Å². The van der Waals surface area contributed by atoms with Crippen molar-refractivity contribution >= 4 is 5.91 Å². The first-order chi connectivity index (χ1) is 13.0. The van der Waals surface area contributed by atoms with Crippen LogP contribution in [-0.2, 0) is 17.8 Å². The number of carbonyl (C=O) groups is 1. The molecule has 0 fully saturated rings. The van der Waals surface area contributed by atoms with Crippen LogP contribution in [0.4, 0.5) is 0 Å². The summed E-state index contributed by atoms with van der Waals surface area (Å²) < 4.78 is 21.3. The van der Waals surface area contributed by atoms with Gasteiger partial charge in [0.1, 0.15) is 5.75 Å². The van der Waals surface area contributed by atoms with Crippen LogP contribution in [0, 0.1) is 6.92 Å². The molecule has 0 aliphatic heterocycles. The molecular weight excluding hydrogens is 346 g/mol. The van der Waals surface area contributed by atoms with Crippen LogP contribution in [0.5, 0.6) is 23.0 Å². The first-order valence-electron chi connectivity index (χ1n) is 8.72. The van der Waals surface area contributed by atoms with Crippen molar-refractivity contribution in [2.24, 2.45) is 0 Å². The molecule has 0 saturated heterocycles. The first-order valence-corrected chi connectivity index (χ1v) is 8.72. The molecule has 0 saturated carbocycles. The van der Waals surface area contributed by atoms with E-state index in [0.29, 0.717) is 36.6 Å². The highest BCUT2D eigenvalue weighted by Gasteiger charge is 2.16. The zero-order valence-corrected chi connectivity index (χ0v) is 16.5. The Labute approximate surface area is 160 Å². The van der Waals surface area contributed by atoms with E-state index in [1.807, 2.05) is 31.2 Å². The van der Waals surface area contributed by atoms with E-state index < -0.39 is 0 Å². The van der Waals surface area contributed by atoms with Gasteiger partial charge in [0.25, 0.3) is 0 Å². The minimum atomic E-state index is -0.0275. The summed E-state index contributed by atoms with van der Waals surface area (Å²) in [5, 5.41) is 2.93. The Kier molecular flexibility index (Phi) is 7.34. The minimum Gasteiger partial charge on any atom is -0.496 e. The molecule has 0 unspecified atom stereocenters. The summed E-state index contributed by atoms with van der Waals surface area (Å²) >= 11 is 0. The molecule has 1 N–H and O–H groups in total. The second-order valence-electron chi connectivity index (χ2n) is 6.07. The minimum absolute atomic E-state index is 0.0275. The highest BCUT2D eigenvalue weighted by atomic mass is 16.5. The molecule has 6 heteroatoms. The molecule has 0 radical (unpaired) electrons. The first kappa shape index (κ1) is 20.4. The van der Waals surface area contributed by atoms with E-state index in [1.54, 1.807) is 34.5 Å². The van der Waals surface area contributed by atoms with Crippen molar-refractivity contribution in [3.8, 4) is 23.0 Å². The van der Waals surface area contributed by atoms with Gasteiger partial charge < -0.3 is 24.3 Å². The lowest BCUT2D eigenvalue weighted by molar-refractivity contribution is -0.121. The summed E-state index contributed by atoms with van der Waals surface area (Å²) in [6, 6.07) is 9.60. The van der Waals surface area contributed by atoms with Crippen LogP contribution >= 0.6 is 0 Å². The largest absolute Gasteiger partial charge is 0.496 e. The number of hydrogen-bond donors (Lipinski definition) is 1. The topological polar surface area (TPSA) is 66.0 Å². The monoisotopic (exact) mass is 373 g/mol. The number of carbonyl (C=O) groups excluding carboxylic acids is 1. The fourth-order valence-corrected chi connectivity index (χ4v) is 2.94. The van der Waals surface area contributed by atoms with E-state index in [-0.39, 0.29) is 5.91 Å². The Hall–Kier alpha value is -2.89. The average molecular weight is 373 g/mol. The number of ether oxygens (including phenoxy) is 4. The number of methoxy groups -OCH3 is 4. The van der Waals surface area contributed by atoms with Gasteiger partial charge in [-0.25, -0.2) is 0 Å². The smallest absolute Gasteiger partial charge is 0.220 e. The zero-order chi connectivity index (χ0) is 19.8. The molecule has 0 atom stereocenters. The van der Waals surface area contributed by atoms with Gasteiger partial charge in [-0.2, -0.15) is 0 Å². The van der Waals surface area contributed by atoms with Crippen molar-refractivity contribution < 1.29 is 23.7 Å². The Morgan fingerprint density at radius 1 is 0.889 bits per heavy atom. The summed E-state index contributed by atoms with van der Waals surface area (Å²) in [5.74, 6) is 2.48. The summed E-state index contributed by atoms with van der Waals surface area (Å²) in [6.07, 6.45) is 1.07. The summed E-state index contributed by atoms with van der Waals surface area (Å²) in [7, 11) is 6.34. The number of rotatable bonds is 9. The fraction of sp³-hybridized carbons (Fsp3) is 0.381. The van der Waals surface area contributed by atoms with Crippen LogP contribution in [0.3, 0.4) is 0 Å². The number of aryl methyl sites for hydroxylation is 2. The second-order valence-corrected chi connectivity index (χ2v) is 6.07. The summed E-state index contributed by atoms with van der Waals surface area (Å²) in [6.45, 7) is 2.34. The molecule has 0 aliphatic carbocycles. The summed E-state index contributed by atoms with van der Waals surface area (Å²) in [4.78, 5) is 12.2. The van der Waals surface area contributed by atoms with Crippen LogP contribution in [0.2, 0.25) is 0 Å². The lowest BCUT2D eigenvalue weighted by Gasteiger charge is -2.16. The fourth-order valence-electron chi connectivity index (χ4n) is 2.94. The summed E-state index contributed by atoms with van der Waals surface area (Å²) in [5.41, 5.74) is 2.99. The van der Waals surface area contributed by atoms with Gasteiger partial charge in [-0.3, -0.25) is 4.79 Å². The SMILES string of the molecule is COc1ccc(CCC(=O)NCc2ccc(OC)c(OC)c2OC)cc1C. The van der Waals surface area contributed by atoms with Gasteiger partial charge in [-0.1, -0.05) is 12.1 Å². The maximum atomic E-state index is 12.2. The van der Waals surface area contributed by atoms with E-state index >= 15 is 0 Å². The van der Waals surface area contributed by atoms with Gasteiger partial charge in [0.2, 0.25) is 11.7 Å². The molecule has 2 rings (SSSR count). The third-order valence-electron chi connectivity index (χ3n) is 4.36. The average Bonchev–Trinajstić information content (AvgIpc) is 2.69. The van der Waals surface area contributed by atoms with Crippen LogP contribution in [0.1, 0.15) is 23.1 Å². The van der Waals surface area contributed by atoms with E-state index in [4.69, 9.17) is 18.9 Å². The van der Waals surface area contributed by atoms with Crippen molar-refractivity contribution in [2.75, 3.05) is 28.4 Å². The predicted molar refractivity (Wildman–Crippen MR) is 104 cm³/mol. The van der Waals surface area contributed by atoms with Crippen LogP contribution in [0.15, 0.2) is 30.3 Å². The zero-order valence-electron chi connectivity index (χ0n) is 16.5. The van der Waals surface area contributed by atoms with Crippen LogP contribution in [-0.4, -0.2) is 34.3 Å². The molecule has 0 spiro atoms. The molecule has 0 aliphatic rings. The van der Waals surface area contributed by atoms with Crippen LogP contribution in [0.25, 0.3) is 0 Å². The molecule has 146 valence electrons. The number of benzene rings is 2. The molecule has 2 aromatic rings. The number of nitrogens with one attached hydrogen (secondary N) is 1. The predicted octanol–water partition coefficient (Wildman–Crippen LogP) is 3.28. The number of amides is 1. The van der Waals surface area contributed by atoms with E-state index in [2.05, 4.69) is 5.32 Å². The molecule has 6 nitrogen and oxygen atoms in total. The van der Waals surface area contributed by atoms with Crippen LogP contribution < -0.4 is 24.3 Å². The van der Waals surface area contributed by atoms with Gasteiger partial charge in [-0.05, 0) is 42.7 Å². The van der Waals surface area contributed by atoms with E-state index in [1.165, 1.54) is 0 Å². The number of hydrogen-bond acceptors (Lipinski definition) is 5. The van der Waals surface area contributed by atoms with E-state index in [9.17, 15) is 4.79 Å². The Balaban J connectivity index is 1.96. The third kappa shape index (κ3) is 5.06. The Morgan fingerprint density at radius 3 is 2.15 bits per heavy atom. The van der Waals surface area contributed by atoms with Crippen molar-refractivity contribution in [1.82, 2.24) is 5.32 Å². The molecule has 2 aromatic carbocycles. The second kappa shape index (κ2) is 9.71. The Bertz CT molecular complexity index is 788. The van der Waals surface area contributed by atoms with Gasteiger partial charge >= 0.3 is 0 Å². The highest BCUT2D eigenvalue weighted by molar-refractivity contribution is 5.76. The van der Waals surface area contributed by atoms with Crippen molar-refractivity contribution in [1.29, 1.82) is 0 Å². The standard InChI is InChI=1S/C21H27NO5/c1-14-12-15(6-9-17(14)24-2)7-11-19(23)22-13-16-8-10-18(25-3)21(27-5)20(16)26-4/h6,8-10,12H,7,11,13H2,1-5H3,(H,22,23). The van der Waals surface area contributed by atoms with Crippen molar-refractivity contribution in [3.63, 3.8) is 0 Å². The molecule has 0 heterocycles. The lowest BCUT2D eigenvalue weighted by atomic mass is 10.1. The highest BCUT2D eigenvalue weighted by Crippen LogP contribution is 2.39. The Morgan fingerprint density at radius 2 is 1.56 bits per heavy atom.